The number of esters is 1. The smallest absolute Gasteiger partial charge is 0.387 e. The summed E-state index contributed by atoms with van der Waals surface area (Å²) in [5, 5.41) is 3.19. The van der Waals surface area contributed by atoms with Crippen LogP contribution in [0.15, 0.2) is 48.5 Å². The summed E-state index contributed by atoms with van der Waals surface area (Å²) < 4.78 is 33.1. The van der Waals surface area contributed by atoms with E-state index in [0.29, 0.717) is 5.02 Å². The highest BCUT2D eigenvalue weighted by atomic mass is 35.5. The van der Waals surface area contributed by atoms with Crippen molar-refractivity contribution < 1.29 is 27.8 Å². The average Bonchev–Trinajstić information content (AvgIpc) is 2.59. The van der Waals surface area contributed by atoms with Crippen molar-refractivity contribution in [2.24, 2.45) is 0 Å². The van der Waals surface area contributed by atoms with E-state index in [-0.39, 0.29) is 17.9 Å². The zero-order valence-corrected chi connectivity index (χ0v) is 13.6. The van der Waals surface area contributed by atoms with Gasteiger partial charge in [0.05, 0.1) is 5.56 Å². The van der Waals surface area contributed by atoms with Gasteiger partial charge in [0.15, 0.2) is 6.61 Å². The summed E-state index contributed by atoms with van der Waals surface area (Å²) in [6.45, 7) is -3.13. The predicted molar refractivity (Wildman–Crippen MR) is 86.7 cm³/mol. The van der Waals surface area contributed by atoms with Gasteiger partial charge in [-0.2, -0.15) is 8.78 Å². The SMILES string of the molecule is O=C(COC(=O)c1ccc(OC(F)F)cc1)NCc1ccc(Cl)cc1. The molecule has 2 aromatic carbocycles. The average molecular weight is 370 g/mol. The topological polar surface area (TPSA) is 64.6 Å². The molecule has 132 valence electrons. The lowest BCUT2D eigenvalue weighted by Crippen LogP contribution is -2.28. The fourth-order valence-electron chi connectivity index (χ4n) is 1.84. The van der Waals surface area contributed by atoms with E-state index in [2.05, 4.69) is 10.1 Å². The first-order valence-electron chi connectivity index (χ1n) is 7.17. The van der Waals surface area contributed by atoms with E-state index < -0.39 is 25.1 Å². The van der Waals surface area contributed by atoms with Crippen molar-refractivity contribution in [3.63, 3.8) is 0 Å². The molecule has 0 spiro atoms. The number of carbonyl (C=O) groups is 2. The molecule has 0 heterocycles. The largest absolute Gasteiger partial charge is 0.452 e. The summed E-state index contributed by atoms with van der Waals surface area (Å²) in [7, 11) is 0. The molecule has 0 unspecified atom stereocenters. The first-order valence-corrected chi connectivity index (χ1v) is 7.55. The van der Waals surface area contributed by atoms with Crippen LogP contribution in [0.2, 0.25) is 5.02 Å². The second kappa shape index (κ2) is 8.98. The maximum atomic E-state index is 12.0. The van der Waals surface area contributed by atoms with E-state index in [0.717, 1.165) is 5.56 Å². The van der Waals surface area contributed by atoms with E-state index in [9.17, 15) is 18.4 Å². The fourth-order valence-corrected chi connectivity index (χ4v) is 1.97. The zero-order valence-electron chi connectivity index (χ0n) is 12.9. The molecule has 2 aromatic rings. The van der Waals surface area contributed by atoms with Crippen molar-refractivity contribution in [1.82, 2.24) is 5.32 Å². The Balaban J connectivity index is 1.76. The Morgan fingerprint density at radius 1 is 1.04 bits per heavy atom. The third kappa shape index (κ3) is 6.39. The van der Waals surface area contributed by atoms with E-state index in [1.165, 1.54) is 24.3 Å². The Labute approximate surface area is 147 Å². The minimum absolute atomic E-state index is 0.0766. The molecule has 0 saturated carbocycles. The highest BCUT2D eigenvalue weighted by Gasteiger charge is 2.11. The van der Waals surface area contributed by atoms with E-state index >= 15 is 0 Å². The van der Waals surface area contributed by atoms with Crippen LogP contribution >= 0.6 is 11.6 Å². The first-order chi connectivity index (χ1) is 11.9. The highest BCUT2D eigenvalue weighted by molar-refractivity contribution is 6.30. The monoisotopic (exact) mass is 369 g/mol. The van der Waals surface area contributed by atoms with Crippen LogP contribution in [0.1, 0.15) is 15.9 Å². The van der Waals surface area contributed by atoms with Crippen molar-refractivity contribution in [3.8, 4) is 5.75 Å². The van der Waals surface area contributed by atoms with Crippen LogP contribution < -0.4 is 10.1 Å². The van der Waals surface area contributed by atoms with Gasteiger partial charge in [-0.05, 0) is 42.0 Å². The van der Waals surface area contributed by atoms with Gasteiger partial charge >= 0.3 is 12.6 Å². The van der Waals surface area contributed by atoms with Gasteiger partial charge in [-0.15, -0.1) is 0 Å². The molecule has 0 atom stereocenters. The first kappa shape index (κ1) is 18.7. The molecule has 0 fully saturated rings. The number of carbonyl (C=O) groups excluding carboxylic acids is 2. The molecule has 8 heteroatoms. The Hall–Kier alpha value is -2.67. The highest BCUT2D eigenvalue weighted by Crippen LogP contribution is 2.15. The summed E-state index contributed by atoms with van der Waals surface area (Å²) in [5.41, 5.74) is 0.964. The third-order valence-corrected chi connectivity index (χ3v) is 3.30. The molecular formula is C17H14ClF2NO4. The maximum absolute atomic E-state index is 12.0. The molecular weight excluding hydrogens is 356 g/mol. The van der Waals surface area contributed by atoms with Crippen molar-refractivity contribution in [1.29, 1.82) is 0 Å². The van der Waals surface area contributed by atoms with E-state index in [4.69, 9.17) is 16.3 Å². The van der Waals surface area contributed by atoms with Crippen LogP contribution in [0.4, 0.5) is 8.78 Å². The van der Waals surface area contributed by atoms with Gasteiger partial charge in [0.1, 0.15) is 5.75 Å². The molecule has 2 rings (SSSR count). The van der Waals surface area contributed by atoms with Crippen LogP contribution in [0.5, 0.6) is 5.75 Å². The molecule has 0 aliphatic rings. The lowest BCUT2D eigenvalue weighted by Gasteiger charge is -2.08. The van der Waals surface area contributed by atoms with Crippen LogP contribution in [0.3, 0.4) is 0 Å². The van der Waals surface area contributed by atoms with Crippen molar-refractivity contribution in [2.75, 3.05) is 6.61 Å². The molecule has 0 radical (unpaired) electrons. The number of nitrogens with one attached hydrogen (secondary N) is 1. The molecule has 0 saturated heterocycles. The number of alkyl halides is 2. The van der Waals surface area contributed by atoms with Crippen LogP contribution in [-0.2, 0) is 16.1 Å². The number of ether oxygens (including phenoxy) is 2. The van der Waals surface area contributed by atoms with Gasteiger partial charge in [-0.1, -0.05) is 23.7 Å². The quantitative estimate of drug-likeness (QED) is 0.760. The van der Waals surface area contributed by atoms with Crippen molar-refractivity contribution in [3.05, 3.63) is 64.7 Å². The number of hydrogen-bond donors (Lipinski definition) is 1. The lowest BCUT2D eigenvalue weighted by atomic mass is 10.2. The third-order valence-electron chi connectivity index (χ3n) is 3.05. The van der Waals surface area contributed by atoms with Crippen LogP contribution in [0.25, 0.3) is 0 Å². The number of hydrogen-bond acceptors (Lipinski definition) is 4. The van der Waals surface area contributed by atoms with Gasteiger partial charge in [-0.25, -0.2) is 4.79 Å². The van der Waals surface area contributed by atoms with Gasteiger partial charge in [0.2, 0.25) is 0 Å². The molecule has 0 aromatic heterocycles. The molecule has 0 aliphatic carbocycles. The lowest BCUT2D eigenvalue weighted by molar-refractivity contribution is -0.124. The minimum Gasteiger partial charge on any atom is -0.452 e. The second-order valence-corrected chi connectivity index (χ2v) is 5.32. The van der Waals surface area contributed by atoms with Gasteiger partial charge in [0.25, 0.3) is 5.91 Å². The van der Waals surface area contributed by atoms with E-state index in [1.54, 1.807) is 24.3 Å². The molecule has 5 nitrogen and oxygen atoms in total. The maximum Gasteiger partial charge on any atom is 0.387 e. The summed E-state index contributed by atoms with van der Waals surface area (Å²) in [6.07, 6.45) is 0. The molecule has 0 bridgehead atoms. The van der Waals surface area contributed by atoms with Gasteiger partial charge < -0.3 is 14.8 Å². The Morgan fingerprint density at radius 2 is 1.68 bits per heavy atom. The predicted octanol–water partition coefficient (Wildman–Crippen LogP) is 3.41. The zero-order chi connectivity index (χ0) is 18.2. The van der Waals surface area contributed by atoms with E-state index in [1.807, 2.05) is 0 Å². The molecule has 1 amide bonds. The van der Waals surface area contributed by atoms with Gasteiger partial charge in [0, 0.05) is 11.6 Å². The van der Waals surface area contributed by atoms with Crippen molar-refractivity contribution in [2.45, 2.75) is 13.2 Å². The molecule has 25 heavy (non-hydrogen) atoms. The normalized spacial score (nSPS) is 10.4. The van der Waals surface area contributed by atoms with Crippen LogP contribution in [-0.4, -0.2) is 25.1 Å². The molecule has 0 aliphatic heterocycles. The fraction of sp³-hybridized carbons (Fsp3) is 0.176. The van der Waals surface area contributed by atoms with Gasteiger partial charge in [-0.3, -0.25) is 4.79 Å². The molecule has 1 N–H and O–H groups in total. The standard InChI is InChI=1S/C17H14ClF2NO4/c18-13-5-1-11(2-6-13)9-21-15(22)10-24-16(23)12-3-7-14(8-4-12)25-17(19)20/h1-8,17H,9-10H2,(H,21,22). The van der Waals surface area contributed by atoms with Crippen molar-refractivity contribution >= 4 is 23.5 Å². The second-order valence-electron chi connectivity index (χ2n) is 4.88. The number of rotatable bonds is 7. The Morgan fingerprint density at radius 3 is 2.28 bits per heavy atom. The minimum atomic E-state index is -2.94. The number of amides is 1. The Kier molecular flexibility index (Phi) is 6.71. The summed E-state index contributed by atoms with van der Waals surface area (Å²) in [5.74, 6) is -1.29. The summed E-state index contributed by atoms with van der Waals surface area (Å²) >= 11 is 5.76. The summed E-state index contributed by atoms with van der Waals surface area (Å²) in [4.78, 5) is 23.5. The Bertz CT molecular complexity index is 720. The number of benzene rings is 2. The number of halogens is 3. The van der Waals surface area contributed by atoms with Crippen LogP contribution in [0, 0.1) is 0 Å². The summed E-state index contributed by atoms with van der Waals surface area (Å²) in [6, 6.07) is 11.9.